The Balaban J connectivity index is 1.95. The van der Waals surface area contributed by atoms with Gasteiger partial charge in [-0.25, -0.2) is 4.39 Å². The van der Waals surface area contributed by atoms with Gasteiger partial charge in [-0.05, 0) is 25.5 Å². The highest BCUT2D eigenvalue weighted by Gasteiger charge is 2.33. The van der Waals surface area contributed by atoms with E-state index in [2.05, 4.69) is 16.9 Å². The Bertz CT molecular complexity index is 741. The first-order valence-electron chi connectivity index (χ1n) is 7.75. The van der Waals surface area contributed by atoms with Crippen LogP contribution in [0.25, 0.3) is 0 Å². The van der Waals surface area contributed by atoms with Crippen LogP contribution in [-0.2, 0) is 20.1 Å². The zero-order chi connectivity index (χ0) is 16.7. The standard InChI is InChI=1S/C17H23FN4O/c1-10-14(11(2)21(3)20-10)8-22-9-15-13(17(22)7-19)5-12(23-4)6-16(15)18/h5-6,17H,7-9,19H2,1-4H3. The molecule has 0 bridgehead atoms. The van der Waals surface area contributed by atoms with Gasteiger partial charge in [0.2, 0.25) is 0 Å². The Kier molecular flexibility index (Phi) is 4.12. The molecule has 2 heterocycles. The van der Waals surface area contributed by atoms with E-state index in [0.717, 1.165) is 22.5 Å². The summed E-state index contributed by atoms with van der Waals surface area (Å²) in [7, 11) is 3.49. The maximum absolute atomic E-state index is 14.4. The third-order valence-corrected chi connectivity index (χ3v) is 4.84. The van der Waals surface area contributed by atoms with Crippen LogP contribution in [0.4, 0.5) is 4.39 Å². The molecule has 2 aromatic rings. The second-order valence-corrected chi connectivity index (χ2v) is 6.11. The van der Waals surface area contributed by atoms with Crippen LogP contribution in [0.2, 0.25) is 0 Å². The summed E-state index contributed by atoms with van der Waals surface area (Å²) in [6, 6.07) is 3.34. The fourth-order valence-corrected chi connectivity index (χ4v) is 3.42. The van der Waals surface area contributed by atoms with E-state index in [-0.39, 0.29) is 11.9 Å². The molecule has 124 valence electrons. The number of aryl methyl sites for hydroxylation is 2. The van der Waals surface area contributed by atoms with Gasteiger partial charge in [0.15, 0.2) is 0 Å². The molecule has 3 rings (SSSR count). The van der Waals surface area contributed by atoms with Crippen LogP contribution in [0.3, 0.4) is 0 Å². The minimum atomic E-state index is -0.222. The lowest BCUT2D eigenvalue weighted by Gasteiger charge is -2.24. The summed E-state index contributed by atoms with van der Waals surface area (Å²) in [5, 5.41) is 4.46. The van der Waals surface area contributed by atoms with Crippen LogP contribution >= 0.6 is 0 Å². The van der Waals surface area contributed by atoms with Crippen LogP contribution in [0.1, 0.15) is 34.1 Å². The zero-order valence-corrected chi connectivity index (χ0v) is 14.1. The molecule has 1 unspecified atom stereocenters. The minimum Gasteiger partial charge on any atom is -0.497 e. The first-order chi connectivity index (χ1) is 11.0. The Morgan fingerprint density at radius 1 is 1.39 bits per heavy atom. The number of methoxy groups -OCH3 is 1. The number of benzene rings is 1. The lowest BCUT2D eigenvalue weighted by Crippen LogP contribution is -2.28. The highest BCUT2D eigenvalue weighted by molar-refractivity contribution is 5.42. The molecule has 0 radical (unpaired) electrons. The number of ether oxygens (including phenoxy) is 1. The van der Waals surface area contributed by atoms with Crippen LogP contribution in [0, 0.1) is 19.7 Å². The van der Waals surface area contributed by atoms with Gasteiger partial charge in [-0.2, -0.15) is 5.10 Å². The summed E-state index contributed by atoms with van der Waals surface area (Å²) in [5.41, 5.74) is 11.0. The van der Waals surface area contributed by atoms with Crippen molar-refractivity contribution in [1.29, 1.82) is 0 Å². The number of halogens is 1. The summed E-state index contributed by atoms with van der Waals surface area (Å²) in [5.74, 6) is 0.315. The number of nitrogens with two attached hydrogens (primary N) is 1. The predicted molar refractivity (Wildman–Crippen MR) is 86.7 cm³/mol. The number of aromatic nitrogens is 2. The molecular formula is C17H23FN4O. The van der Waals surface area contributed by atoms with Crippen molar-refractivity contribution in [1.82, 2.24) is 14.7 Å². The predicted octanol–water partition coefficient (Wildman–Crippen LogP) is 2.20. The second kappa shape index (κ2) is 5.94. The van der Waals surface area contributed by atoms with Gasteiger partial charge >= 0.3 is 0 Å². The smallest absolute Gasteiger partial charge is 0.131 e. The van der Waals surface area contributed by atoms with Gasteiger partial charge in [0.05, 0.1) is 12.8 Å². The number of rotatable bonds is 4. The Labute approximate surface area is 135 Å². The largest absolute Gasteiger partial charge is 0.497 e. The van der Waals surface area contributed by atoms with Crippen molar-refractivity contribution in [2.24, 2.45) is 12.8 Å². The summed E-state index contributed by atoms with van der Waals surface area (Å²) >= 11 is 0. The first kappa shape index (κ1) is 16.0. The topological polar surface area (TPSA) is 56.3 Å². The molecule has 2 N–H and O–H groups in total. The van der Waals surface area contributed by atoms with Gasteiger partial charge in [0, 0.05) is 55.6 Å². The molecule has 1 aromatic carbocycles. The number of hydrogen-bond acceptors (Lipinski definition) is 4. The summed E-state index contributed by atoms with van der Waals surface area (Å²) in [6.07, 6.45) is 0. The van der Waals surface area contributed by atoms with Crippen LogP contribution < -0.4 is 10.5 Å². The molecule has 1 aliphatic heterocycles. The molecule has 1 aliphatic rings. The van der Waals surface area contributed by atoms with E-state index in [9.17, 15) is 4.39 Å². The highest BCUT2D eigenvalue weighted by atomic mass is 19.1. The summed E-state index contributed by atoms with van der Waals surface area (Å²) in [6.45, 7) is 5.77. The van der Waals surface area contributed by atoms with Crippen molar-refractivity contribution < 1.29 is 9.13 Å². The third-order valence-electron chi connectivity index (χ3n) is 4.84. The maximum atomic E-state index is 14.4. The van der Waals surface area contributed by atoms with Crippen LogP contribution in [0.15, 0.2) is 12.1 Å². The van der Waals surface area contributed by atoms with E-state index >= 15 is 0 Å². The molecule has 1 atom stereocenters. The van der Waals surface area contributed by atoms with Crippen molar-refractivity contribution in [2.45, 2.75) is 33.0 Å². The minimum absolute atomic E-state index is 0.00592. The van der Waals surface area contributed by atoms with E-state index in [1.165, 1.54) is 11.6 Å². The molecule has 0 saturated heterocycles. The molecule has 0 saturated carbocycles. The molecular weight excluding hydrogens is 295 g/mol. The highest BCUT2D eigenvalue weighted by Crippen LogP contribution is 2.38. The normalized spacial score (nSPS) is 17.6. The van der Waals surface area contributed by atoms with E-state index in [1.807, 2.05) is 24.7 Å². The quantitative estimate of drug-likeness (QED) is 0.939. The summed E-state index contributed by atoms with van der Waals surface area (Å²) in [4.78, 5) is 2.21. The summed E-state index contributed by atoms with van der Waals surface area (Å²) < 4.78 is 21.4. The molecule has 6 heteroatoms. The van der Waals surface area contributed by atoms with Gasteiger partial charge in [-0.15, -0.1) is 0 Å². The molecule has 0 fully saturated rings. The monoisotopic (exact) mass is 318 g/mol. The van der Waals surface area contributed by atoms with Gasteiger partial charge < -0.3 is 10.5 Å². The molecule has 0 amide bonds. The molecule has 0 spiro atoms. The number of fused-ring (bicyclic) bond motifs is 1. The van der Waals surface area contributed by atoms with Crippen LogP contribution in [-0.4, -0.2) is 28.3 Å². The molecule has 0 aliphatic carbocycles. The van der Waals surface area contributed by atoms with Crippen molar-refractivity contribution >= 4 is 0 Å². The van der Waals surface area contributed by atoms with Gasteiger partial charge in [-0.1, -0.05) is 0 Å². The number of hydrogen-bond donors (Lipinski definition) is 1. The fourth-order valence-electron chi connectivity index (χ4n) is 3.42. The molecule has 23 heavy (non-hydrogen) atoms. The fraction of sp³-hybridized carbons (Fsp3) is 0.471. The number of nitrogens with zero attached hydrogens (tertiary/aromatic N) is 3. The van der Waals surface area contributed by atoms with Crippen molar-refractivity contribution in [3.8, 4) is 5.75 Å². The van der Waals surface area contributed by atoms with Crippen molar-refractivity contribution in [3.05, 3.63) is 46.0 Å². The Morgan fingerprint density at radius 3 is 2.70 bits per heavy atom. The van der Waals surface area contributed by atoms with Crippen molar-refractivity contribution in [3.63, 3.8) is 0 Å². The first-order valence-corrected chi connectivity index (χ1v) is 7.75. The van der Waals surface area contributed by atoms with Gasteiger partial charge in [0.1, 0.15) is 11.6 Å². The van der Waals surface area contributed by atoms with E-state index < -0.39 is 0 Å². The van der Waals surface area contributed by atoms with Crippen LogP contribution in [0.5, 0.6) is 5.75 Å². The van der Waals surface area contributed by atoms with E-state index in [1.54, 1.807) is 7.11 Å². The molecule has 5 nitrogen and oxygen atoms in total. The Morgan fingerprint density at radius 2 is 2.13 bits per heavy atom. The zero-order valence-electron chi connectivity index (χ0n) is 14.1. The maximum Gasteiger partial charge on any atom is 0.131 e. The Hall–Kier alpha value is -1.92. The van der Waals surface area contributed by atoms with Gasteiger partial charge in [-0.3, -0.25) is 9.58 Å². The SMILES string of the molecule is COc1cc(F)c2c(c1)C(CN)N(Cc1c(C)nn(C)c1C)C2. The average molecular weight is 318 g/mol. The second-order valence-electron chi connectivity index (χ2n) is 6.11. The lowest BCUT2D eigenvalue weighted by atomic mass is 10.0. The molecule has 1 aromatic heterocycles. The van der Waals surface area contributed by atoms with Crippen molar-refractivity contribution in [2.75, 3.05) is 13.7 Å². The third kappa shape index (κ3) is 2.62. The van der Waals surface area contributed by atoms with E-state index in [0.29, 0.717) is 25.4 Å². The lowest BCUT2D eigenvalue weighted by molar-refractivity contribution is 0.209. The average Bonchev–Trinajstić information content (AvgIpc) is 2.99. The van der Waals surface area contributed by atoms with Gasteiger partial charge in [0.25, 0.3) is 0 Å². The van der Waals surface area contributed by atoms with E-state index in [4.69, 9.17) is 10.5 Å².